The van der Waals surface area contributed by atoms with Crippen molar-refractivity contribution in [3.63, 3.8) is 0 Å². The molecule has 0 amide bonds. The lowest BCUT2D eigenvalue weighted by Gasteiger charge is -1.79. The fraction of sp³-hybridized carbons (Fsp3) is 0. The predicted octanol–water partition coefficient (Wildman–Crippen LogP) is 0.938. The molecule has 4 nitrogen and oxygen atoms in total. The van der Waals surface area contributed by atoms with Crippen LogP contribution in [0.4, 0.5) is 0 Å². The Hall–Kier alpha value is -1.29. The number of nitrogens with zero attached hydrogens (tertiary/aromatic N) is 1. The van der Waals surface area contributed by atoms with Crippen molar-refractivity contribution in [1.82, 2.24) is 9.97 Å². The van der Waals surface area contributed by atoms with E-state index in [0.29, 0.717) is 11.2 Å². The van der Waals surface area contributed by atoms with Crippen LogP contribution in [0, 0.1) is 0 Å². The maximum Gasteiger partial charge on any atom is 0.418 e. The Morgan fingerprint density at radius 1 is 1.55 bits per heavy atom. The van der Waals surface area contributed by atoms with E-state index in [0.717, 1.165) is 0 Å². The van der Waals surface area contributed by atoms with Crippen LogP contribution in [0.5, 0.6) is 0 Å². The molecule has 0 saturated carbocycles. The number of pyridine rings is 1. The van der Waals surface area contributed by atoms with Gasteiger partial charge in [-0.25, -0.2) is 9.78 Å². The van der Waals surface area contributed by atoms with Crippen LogP contribution in [0.1, 0.15) is 0 Å². The first-order chi connectivity index (χ1) is 4.86. The second kappa shape index (κ2) is 2.75. The molecule has 2 heterocycles. The molecule has 2 rings (SSSR count). The van der Waals surface area contributed by atoms with Gasteiger partial charge in [0.15, 0.2) is 11.2 Å². The second-order valence-electron chi connectivity index (χ2n) is 1.86. The van der Waals surface area contributed by atoms with Gasteiger partial charge in [0, 0.05) is 6.20 Å². The number of rotatable bonds is 0. The molecule has 0 bridgehead atoms. The van der Waals surface area contributed by atoms with Crippen molar-refractivity contribution in [2.75, 3.05) is 0 Å². The number of hydrogen-bond acceptors (Lipinski definition) is 3. The first-order valence-corrected chi connectivity index (χ1v) is 2.80. The lowest BCUT2D eigenvalue weighted by atomic mass is 10.5. The SMILES string of the molecule is Cl.O=c1[nH]c2ncccc2o1. The summed E-state index contributed by atoms with van der Waals surface area (Å²) in [6.07, 6.45) is 1.59. The van der Waals surface area contributed by atoms with Gasteiger partial charge in [-0.1, -0.05) is 0 Å². The van der Waals surface area contributed by atoms with E-state index in [-0.39, 0.29) is 12.4 Å². The Kier molecular flexibility index (Phi) is 1.96. The van der Waals surface area contributed by atoms with Crippen LogP contribution in [0.15, 0.2) is 27.5 Å². The van der Waals surface area contributed by atoms with Crippen LogP contribution < -0.4 is 5.76 Å². The summed E-state index contributed by atoms with van der Waals surface area (Å²) < 4.78 is 4.69. The minimum Gasteiger partial charge on any atom is -0.406 e. The summed E-state index contributed by atoms with van der Waals surface area (Å²) in [5.41, 5.74) is 0.986. The molecule has 2 aromatic heterocycles. The van der Waals surface area contributed by atoms with Crippen molar-refractivity contribution < 1.29 is 4.42 Å². The summed E-state index contributed by atoms with van der Waals surface area (Å²) in [6, 6.07) is 3.39. The third kappa shape index (κ3) is 1.25. The van der Waals surface area contributed by atoms with Gasteiger partial charge >= 0.3 is 5.76 Å². The zero-order chi connectivity index (χ0) is 6.97. The fourth-order valence-electron chi connectivity index (χ4n) is 0.789. The predicted molar refractivity (Wildman–Crippen MR) is 41.9 cm³/mol. The second-order valence-corrected chi connectivity index (χ2v) is 1.86. The van der Waals surface area contributed by atoms with Gasteiger partial charge in [0.05, 0.1) is 0 Å². The number of aromatic nitrogens is 2. The molecule has 5 heteroatoms. The van der Waals surface area contributed by atoms with E-state index in [9.17, 15) is 4.79 Å². The first kappa shape index (κ1) is 7.81. The van der Waals surface area contributed by atoms with Crippen LogP contribution in [-0.2, 0) is 0 Å². The summed E-state index contributed by atoms with van der Waals surface area (Å²) in [5, 5.41) is 0. The summed E-state index contributed by atoms with van der Waals surface area (Å²) in [7, 11) is 0. The lowest BCUT2D eigenvalue weighted by Crippen LogP contribution is -1.93. The Morgan fingerprint density at radius 2 is 2.36 bits per heavy atom. The molecule has 0 aliphatic rings. The van der Waals surface area contributed by atoms with Crippen molar-refractivity contribution in [1.29, 1.82) is 0 Å². The fourth-order valence-corrected chi connectivity index (χ4v) is 0.789. The van der Waals surface area contributed by atoms with Crippen LogP contribution in [-0.4, -0.2) is 9.97 Å². The van der Waals surface area contributed by atoms with E-state index in [4.69, 9.17) is 4.42 Å². The van der Waals surface area contributed by atoms with Gasteiger partial charge in [-0.15, -0.1) is 12.4 Å². The van der Waals surface area contributed by atoms with Gasteiger partial charge in [0.2, 0.25) is 0 Å². The highest BCUT2D eigenvalue weighted by molar-refractivity contribution is 5.85. The topological polar surface area (TPSA) is 58.9 Å². The summed E-state index contributed by atoms with van der Waals surface area (Å²) in [5.74, 6) is -0.464. The molecule has 58 valence electrons. The zero-order valence-electron chi connectivity index (χ0n) is 5.40. The molecular formula is C6H5ClN2O2. The van der Waals surface area contributed by atoms with Crippen LogP contribution in [0.25, 0.3) is 11.2 Å². The van der Waals surface area contributed by atoms with Crippen molar-refractivity contribution in [2.45, 2.75) is 0 Å². The molecule has 0 fully saturated rings. The molecule has 11 heavy (non-hydrogen) atoms. The molecular weight excluding hydrogens is 168 g/mol. The van der Waals surface area contributed by atoms with Crippen molar-refractivity contribution in [2.24, 2.45) is 0 Å². The molecule has 0 aliphatic carbocycles. The summed E-state index contributed by atoms with van der Waals surface area (Å²) >= 11 is 0. The average molecular weight is 173 g/mol. The number of halogens is 1. The van der Waals surface area contributed by atoms with Crippen LogP contribution in [0.2, 0.25) is 0 Å². The summed E-state index contributed by atoms with van der Waals surface area (Å²) in [4.78, 5) is 16.8. The standard InChI is InChI=1S/C6H4N2O2.ClH/c9-6-8-5-4(10-6)2-1-3-7-5;/h1-3H,(H,7,8,9);1H. The highest BCUT2D eigenvalue weighted by Gasteiger charge is 1.96. The largest absolute Gasteiger partial charge is 0.418 e. The quantitative estimate of drug-likeness (QED) is 0.644. The van der Waals surface area contributed by atoms with Gasteiger partial charge in [-0.05, 0) is 12.1 Å². The number of H-pyrrole nitrogens is 1. The smallest absolute Gasteiger partial charge is 0.406 e. The van der Waals surface area contributed by atoms with Gasteiger partial charge in [-0.2, -0.15) is 0 Å². The third-order valence-electron chi connectivity index (χ3n) is 1.19. The van der Waals surface area contributed by atoms with Crippen molar-refractivity contribution in [3.8, 4) is 0 Å². The first-order valence-electron chi connectivity index (χ1n) is 2.80. The molecule has 0 atom stereocenters. The molecule has 0 aliphatic heterocycles. The Labute approximate surface area is 67.7 Å². The van der Waals surface area contributed by atoms with E-state index < -0.39 is 5.76 Å². The molecule has 0 unspecified atom stereocenters. The van der Waals surface area contributed by atoms with Gasteiger partial charge in [0.1, 0.15) is 0 Å². The van der Waals surface area contributed by atoms with Gasteiger partial charge in [0.25, 0.3) is 0 Å². The van der Waals surface area contributed by atoms with Gasteiger partial charge < -0.3 is 4.42 Å². The molecule has 0 saturated heterocycles. The number of nitrogens with one attached hydrogen (secondary N) is 1. The normalized spacial score (nSPS) is 9.45. The lowest BCUT2D eigenvalue weighted by molar-refractivity contribution is 0.555. The molecule has 2 aromatic rings. The molecule has 0 radical (unpaired) electrons. The Bertz CT molecular complexity index is 370. The van der Waals surface area contributed by atoms with Gasteiger partial charge in [-0.3, -0.25) is 4.98 Å². The zero-order valence-corrected chi connectivity index (χ0v) is 6.22. The molecule has 0 aromatic carbocycles. The van der Waals surface area contributed by atoms with E-state index in [1.165, 1.54) is 0 Å². The molecule has 1 N–H and O–H groups in total. The minimum atomic E-state index is -0.464. The minimum absolute atomic E-state index is 0. The number of fused-ring (bicyclic) bond motifs is 1. The maximum absolute atomic E-state index is 10.5. The number of hydrogen-bond donors (Lipinski definition) is 1. The monoisotopic (exact) mass is 172 g/mol. The highest BCUT2D eigenvalue weighted by atomic mass is 35.5. The summed E-state index contributed by atoms with van der Waals surface area (Å²) in [6.45, 7) is 0. The van der Waals surface area contributed by atoms with E-state index in [1.807, 2.05) is 0 Å². The highest BCUT2D eigenvalue weighted by Crippen LogP contribution is 2.02. The number of oxazole rings is 1. The average Bonchev–Trinajstić information content (AvgIpc) is 2.27. The van der Waals surface area contributed by atoms with Crippen molar-refractivity contribution in [3.05, 3.63) is 28.9 Å². The van der Waals surface area contributed by atoms with E-state index in [2.05, 4.69) is 9.97 Å². The number of aromatic amines is 1. The Morgan fingerprint density at radius 3 is 3.09 bits per heavy atom. The van der Waals surface area contributed by atoms with E-state index >= 15 is 0 Å². The molecule has 0 spiro atoms. The van der Waals surface area contributed by atoms with E-state index in [1.54, 1.807) is 18.3 Å². The van der Waals surface area contributed by atoms with Crippen molar-refractivity contribution >= 4 is 23.6 Å². The van der Waals surface area contributed by atoms with Crippen LogP contribution in [0.3, 0.4) is 0 Å². The Balaban J connectivity index is 0.000000605. The third-order valence-corrected chi connectivity index (χ3v) is 1.19. The maximum atomic E-state index is 10.5. The van der Waals surface area contributed by atoms with Crippen LogP contribution >= 0.6 is 12.4 Å².